The molecule has 1 rings (SSSR count). The van der Waals surface area contributed by atoms with Gasteiger partial charge in [0.2, 0.25) is 0 Å². The number of ether oxygens (including phenoxy) is 1. The van der Waals surface area contributed by atoms with Gasteiger partial charge in [-0.1, -0.05) is 12.1 Å². The minimum absolute atomic E-state index is 0.296. The van der Waals surface area contributed by atoms with Gasteiger partial charge in [-0.25, -0.2) is 4.79 Å². The Morgan fingerprint density at radius 1 is 1.33 bits per heavy atom. The number of carboxylic acids is 1. The van der Waals surface area contributed by atoms with Gasteiger partial charge in [-0.05, 0) is 36.3 Å². The van der Waals surface area contributed by atoms with Gasteiger partial charge in [0, 0.05) is 0 Å². The SMILES string of the molecule is O=C(O)COc1ccc(CCCS)cc1. The molecule has 0 unspecified atom stereocenters. The molecule has 0 aromatic heterocycles. The lowest BCUT2D eigenvalue weighted by Gasteiger charge is -2.04. The fourth-order valence-corrected chi connectivity index (χ4v) is 1.34. The Bertz CT molecular complexity index is 308. The van der Waals surface area contributed by atoms with E-state index >= 15 is 0 Å². The van der Waals surface area contributed by atoms with E-state index < -0.39 is 5.97 Å². The summed E-state index contributed by atoms with van der Waals surface area (Å²) in [5.74, 6) is 0.498. The summed E-state index contributed by atoms with van der Waals surface area (Å²) in [5.41, 5.74) is 1.21. The van der Waals surface area contributed by atoms with Crippen LogP contribution in [0.3, 0.4) is 0 Å². The normalized spacial score (nSPS) is 9.93. The number of aryl methyl sites for hydroxylation is 1. The standard InChI is InChI=1S/C11H14O3S/c12-11(13)8-14-10-5-3-9(4-6-10)2-1-7-15/h3-6,15H,1-2,7-8H2,(H,12,13). The van der Waals surface area contributed by atoms with Crippen LogP contribution >= 0.6 is 12.6 Å². The molecule has 0 saturated carbocycles. The van der Waals surface area contributed by atoms with Gasteiger partial charge in [0.15, 0.2) is 6.61 Å². The second-order valence-corrected chi connectivity index (χ2v) is 3.60. The van der Waals surface area contributed by atoms with Crippen molar-refractivity contribution < 1.29 is 14.6 Å². The Morgan fingerprint density at radius 3 is 2.53 bits per heavy atom. The lowest BCUT2D eigenvalue weighted by atomic mass is 10.1. The molecule has 0 spiro atoms. The molecule has 4 heteroatoms. The van der Waals surface area contributed by atoms with Crippen molar-refractivity contribution in [1.29, 1.82) is 0 Å². The molecule has 0 saturated heterocycles. The molecular weight excluding hydrogens is 212 g/mol. The number of hydrogen-bond acceptors (Lipinski definition) is 3. The highest BCUT2D eigenvalue weighted by molar-refractivity contribution is 7.80. The average Bonchev–Trinajstić information content (AvgIpc) is 2.25. The van der Waals surface area contributed by atoms with Crippen LogP contribution < -0.4 is 4.74 Å². The van der Waals surface area contributed by atoms with Gasteiger partial charge in [0.1, 0.15) is 5.75 Å². The third-order valence-corrected chi connectivity index (χ3v) is 2.23. The lowest BCUT2D eigenvalue weighted by molar-refractivity contribution is -0.139. The van der Waals surface area contributed by atoms with Crippen LogP contribution in [-0.4, -0.2) is 23.4 Å². The van der Waals surface area contributed by atoms with E-state index in [9.17, 15) is 4.79 Å². The first-order chi connectivity index (χ1) is 7.22. The Hall–Kier alpha value is -1.16. The van der Waals surface area contributed by atoms with Crippen molar-refractivity contribution >= 4 is 18.6 Å². The number of aliphatic carboxylic acids is 1. The summed E-state index contributed by atoms with van der Waals surface area (Å²) in [5, 5.41) is 8.41. The predicted octanol–water partition coefficient (Wildman–Crippen LogP) is 2.01. The Balaban J connectivity index is 2.45. The van der Waals surface area contributed by atoms with Gasteiger partial charge < -0.3 is 9.84 Å². The van der Waals surface area contributed by atoms with Crippen LogP contribution in [0.25, 0.3) is 0 Å². The molecular formula is C11H14O3S. The summed E-state index contributed by atoms with van der Waals surface area (Å²) in [7, 11) is 0. The summed E-state index contributed by atoms with van der Waals surface area (Å²) in [6, 6.07) is 7.47. The molecule has 3 nitrogen and oxygen atoms in total. The maximum absolute atomic E-state index is 10.2. The van der Waals surface area contributed by atoms with Crippen molar-refractivity contribution in [3.63, 3.8) is 0 Å². The second-order valence-electron chi connectivity index (χ2n) is 3.15. The summed E-state index contributed by atoms with van der Waals surface area (Å²) >= 11 is 4.14. The van der Waals surface area contributed by atoms with Gasteiger partial charge in [-0.2, -0.15) is 12.6 Å². The largest absolute Gasteiger partial charge is 0.482 e. The fraction of sp³-hybridized carbons (Fsp3) is 0.364. The molecule has 0 heterocycles. The highest BCUT2D eigenvalue weighted by Crippen LogP contribution is 2.13. The minimum Gasteiger partial charge on any atom is -0.482 e. The van der Waals surface area contributed by atoms with Crippen LogP contribution in [0.5, 0.6) is 5.75 Å². The van der Waals surface area contributed by atoms with Crippen molar-refractivity contribution in [2.75, 3.05) is 12.4 Å². The van der Waals surface area contributed by atoms with Crippen LogP contribution in [0.4, 0.5) is 0 Å². The maximum Gasteiger partial charge on any atom is 0.341 e. The van der Waals surface area contributed by atoms with E-state index in [1.165, 1.54) is 5.56 Å². The number of rotatable bonds is 6. The van der Waals surface area contributed by atoms with Crippen LogP contribution in [0.15, 0.2) is 24.3 Å². The van der Waals surface area contributed by atoms with Crippen LogP contribution in [-0.2, 0) is 11.2 Å². The molecule has 0 aliphatic carbocycles. The number of benzene rings is 1. The van der Waals surface area contributed by atoms with E-state index in [2.05, 4.69) is 12.6 Å². The van der Waals surface area contributed by atoms with Crippen molar-refractivity contribution in [2.45, 2.75) is 12.8 Å². The zero-order chi connectivity index (χ0) is 11.1. The van der Waals surface area contributed by atoms with Gasteiger partial charge in [0.05, 0.1) is 0 Å². The Morgan fingerprint density at radius 2 is 2.00 bits per heavy atom. The molecule has 0 amide bonds. The summed E-state index contributed by atoms with van der Waals surface area (Å²) < 4.78 is 5.01. The molecule has 1 aromatic rings. The van der Waals surface area contributed by atoms with E-state index in [0.717, 1.165) is 18.6 Å². The van der Waals surface area contributed by atoms with E-state index in [4.69, 9.17) is 9.84 Å². The number of carboxylic acid groups (broad SMARTS) is 1. The van der Waals surface area contributed by atoms with Gasteiger partial charge >= 0.3 is 5.97 Å². The third-order valence-electron chi connectivity index (χ3n) is 1.91. The zero-order valence-corrected chi connectivity index (χ0v) is 9.24. The van der Waals surface area contributed by atoms with Gasteiger partial charge in [-0.3, -0.25) is 0 Å². The monoisotopic (exact) mass is 226 g/mol. The Kier molecular flexibility index (Phi) is 5.04. The molecule has 0 atom stereocenters. The van der Waals surface area contributed by atoms with Crippen molar-refractivity contribution in [2.24, 2.45) is 0 Å². The highest BCUT2D eigenvalue weighted by Gasteiger charge is 1.99. The number of carbonyl (C=O) groups is 1. The number of hydrogen-bond donors (Lipinski definition) is 2. The van der Waals surface area contributed by atoms with E-state index in [1.54, 1.807) is 12.1 Å². The molecule has 0 aliphatic rings. The third kappa shape index (κ3) is 4.74. The lowest BCUT2D eigenvalue weighted by Crippen LogP contribution is -2.09. The van der Waals surface area contributed by atoms with Crippen LogP contribution in [0.2, 0.25) is 0 Å². The quantitative estimate of drug-likeness (QED) is 0.729. The number of thiol groups is 1. The van der Waals surface area contributed by atoms with Crippen molar-refractivity contribution in [3.05, 3.63) is 29.8 Å². The summed E-state index contributed by atoms with van der Waals surface area (Å²) in [6.45, 7) is -0.296. The average molecular weight is 226 g/mol. The smallest absolute Gasteiger partial charge is 0.341 e. The topological polar surface area (TPSA) is 46.5 Å². The first-order valence-electron chi connectivity index (χ1n) is 4.77. The van der Waals surface area contributed by atoms with Gasteiger partial charge in [-0.15, -0.1) is 0 Å². The molecule has 0 radical (unpaired) electrons. The van der Waals surface area contributed by atoms with Crippen molar-refractivity contribution in [3.8, 4) is 5.75 Å². The van der Waals surface area contributed by atoms with E-state index in [1.807, 2.05) is 12.1 Å². The molecule has 0 fully saturated rings. The fourth-order valence-electron chi connectivity index (χ4n) is 1.18. The minimum atomic E-state index is -0.964. The summed E-state index contributed by atoms with van der Waals surface area (Å²) in [6.07, 6.45) is 2.03. The molecule has 1 aromatic carbocycles. The molecule has 1 N–H and O–H groups in total. The second kappa shape index (κ2) is 6.35. The zero-order valence-electron chi connectivity index (χ0n) is 8.35. The first-order valence-corrected chi connectivity index (χ1v) is 5.40. The van der Waals surface area contributed by atoms with E-state index in [0.29, 0.717) is 5.75 Å². The van der Waals surface area contributed by atoms with Crippen LogP contribution in [0, 0.1) is 0 Å². The van der Waals surface area contributed by atoms with Crippen LogP contribution in [0.1, 0.15) is 12.0 Å². The molecule has 0 bridgehead atoms. The first kappa shape index (κ1) is 11.9. The predicted molar refractivity (Wildman–Crippen MR) is 61.7 cm³/mol. The molecule has 82 valence electrons. The maximum atomic E-state index is 10.2. The Labute approximate surface area is 94.5 Å². The summed E-state index contributed by atoms with van der Waals surface area (Å²) in [4.78, 5) is 10.2. The highest BCUT2D eigenvalue weighted by atomic mass is 32.1. The van der Waals surface area contributed by atoms with Crippen molar-refractivity contribution in [1.82, 2.24) is 0 Å². The van der Waals surface area contributed by atoms with Gasteiger partial charge in [0.25, 0.3) is 0 Å². The molecule has 0 aliphatic heterocycles. The van der Waals surface area contributed by atoms with E-state index in [-0.39, 0.29) is 6.61 Å². The molecule has 15 heavy (non-hydrogen) atoms.